The van der Waals surface area contributed by atoms with Crippen molar-refractivity contribution in [3.63, 3.8) is 0 Å². The van der Waals surface area contributed by atoms with E-state index in [0.29, 0.717) is 16.5 Å². The van der Waals surface area contributed by atoms with Gasteiger partial charge < -0.3 is 15.2 Å². The number of benzene rings is 1. The number of hydrogen-bond donors (Lipinski definition) is 2. The van der Waals surface area contributed by atoms with Crippen LogP contribution < -0.4 is 10.1 Å². The Morgan fingerprint density at radius 1 is 1.36 bits per heavy atom. The number of carbonyl (C=O) groups is 2. The van der Waals surface area contributed by atoms with E-state index in [0.717, 1.165) is 4.90 Å². The van der Waals surface area contributed by atoms with E-state index < -0.39 is 11.8 Å². The van der Waals surface area contributed by atoms with Gasteiger partial charge in [0.1, 0.15) is 11.4 Å². The van der Waals surface area contributed by atoms with Crippen molar-refractivity contribution in [1.82, 2.24) is 4.90 Å². The summed E-state index contributed by atoms with van der Waals surface area (Å²) in [5.74, 6) is -0.378. The summed E-state index contributed by atoms with van der Waals surface area (Å²) in [4.78, 5) is 24.6. The van der Waals surface area contributed by atoms with E-state index in [-0.39, 0.29) is 25.0 Å². The van der Waals surface area contributed by atoms with Crippen LogP contribution in [-0.4, -0.2) is 41.1 Å². The maximum absolute atomic E-state index is 12.0. The average molecular weight is 325 g/mol. The first-order valence-corrected chi connectivity index (χ1v) is 7.21. The van der Waals surface area contributed by atoms with Gasteiger partial charge in [0.2, 0.25) is 0 Å². The number of nitrogens with zero attached hydrogens (tertiary/aromatic N) is 1. The molecule has 2 N–H and O–H groups in total. The number of imide groups is 1. The predicted octanol–water partition coefficient (Wildman–Crippen LogP) is 1.78. The largest absolute Gasteiger partial charge is 0.489 e. The summed E-state index contributed by atoms with van der Waals surface area (Å²) in [5.41, 5.74) is 0.714. The number of β-amino-alcohol motifs (C(OH)–C–C–N with tert-alkyl or cyclic N) is 1. The van der Waals surface area contributed by atoms with Crippen LogP contribution in [0.2, 0.25) is 5.02 Å². The second kappa shape index (κ2) is 6.81. The van der Waals surface area contributed by atoms with Gasteiger partial charge in [0.25, 0.3) is 11.8 Å². The van der Waals surface area contributed by atoms with Crippen LogP contribution >= 0.6 is 11.6 Å². The number of rotatable bonds is 6. The third-order valence-corrected chi connectivity index (χ3v) is 3.20. The number of nitrogens with one attached hydrogen (secondary N) is 1. The van der Waals surface area contributed by atoms with E-state index in [1.165, 1.54) is 6.08 Å². The van der Waals surface area contributed by atoms with E-state index in [1.54, 1.807) is 18.2 Å². The molecule has 1 aromatic carbocycles. The summed E-state index contributed by atoms with van der Waals surface area (Å²) in [7, 11) is 0. The molecule has 0 fully saturated rings. The number of ether oxygens (including phenoxy) is 1. The van der Waals surface area contributed by atoms with Gasteiger partial charge in [0.05, 0.1) is 24.3 Å². The highest BCUT2D eigenvalue weighted by Gasteiger charge is 2.30. The molecule has 2 amide bonds. The van der Waals surface area contributed by atoms with Gasteiger partial charge in [0, 0.05) is 11.8 Å². The summed E-state index contributed by atoms with van der Waals surface area (Å²) >= 11 is 6.12. The minimum absolute atomic E-state index is 0.0000822. The highest BCUT2D eigenvalue weighted by atomic mass is 35.5. The molecule has 1 aliphatic heterocycles. The van der Waals surface area contributed by atoms with Gasteiger partial charge in [-0.1, -0.05) is 11.6 Å². The molecule has 0 bridgehead atoms. The number of anilines is 1. The Balaban J connectivity index is 2.12. The molecule has 0 atom stereocenters. The van der Waals surface area contributed by atoms with E-state index in [1.807, 2.05) is 13.8 Å². The molecule has 0 saturated heterocycles. The first-order chi connectivity index (χ1) is 10.4. The molecule has 1 aliphatic rings. The predicted molar refractivity (Wildman–Crippen MR) is 82.7 cm³/mol. The summed E-state index contributed by atoms with van der Waals surface area (Å²) in [6.45, 7) is 3.49. The van der Waals surface area contributed by atoms with Crippen molar-refractivity contribution >= 4 is 29.1 Å². The normalized spacial score (nSPS) is 14.6. The molecule has 1 heterocycles. The molecule has 0 unspecified atom stereocenters. The van der Waals surface area contributed by atoms with Gasteiger partial charge in [-0.05, 0) is 32.0 Å². The summed E-state index contributed by atoms with van der Waals surface area (Å²) < 4.78 is 5.53. The molecule has 22 heavy (non-hydrogen) atoms. The van der Waals surface area contributed by atoms with Crippen LogP contribution in [0.5, 0.6) is 5.75 Å². The van der Waals surface area contributed by atoms with Crippen LogP contribution in [0.3, 0.4) is 0 Å². The lowest BCUT2D eigenvalue weighted by atomic mass is 10.2. The van der Waals surface area contributed by atoms with Gasteiger partial charge in [-0.15, -0.1) is 0 Å². The summed E-state index contributed by atoms with van der Waals surface area (Å²) in [6.07, 6.45) is 1.20. The zero-order valence-electron chi connectivity index (χ0n) is 12.3. The fourth-order valence-corrected chi connectivity index (χ4v) is 2.22. The second-order valence-electron chi connectivity index (χ2n) is 5.01. The van der Waals surface area contributed by atoms with Crippen LogP contribution in [0.1, 0.15) is 13.8 Å². The van der Waals surface area contributed by atoms with Crippen molar-refractivity contribution in [2.24, 2.45) is 0 Å². The number of aliphatic hydroxyl groups is 1. The Hall–Kier alpha value is -2.05. The number of amides is 2. The molecule has 118 valence electrons. The third-order valence-electron chi connectivity index (χ3n) is 2.91. The quantitative estimate of drug-likeness (QED) is 0.780. The zero-order chi connectivity index (χ0) is 16.3. The SMILES string of the molecule is CC(C)Oc1ccc(NC2=CC(=O)N(CCO)C2=O)cc1Cl. The van der Waals surface area contributed by atoms with Crippen LogP contribution in [0.25, 0.3) is 0 Å². The topological polar surface area (TPSA) is 78.9 Å². The number of carbonyl (C=O) groups excluding carboxylic acids is 2. The molecule has 1 aromatic rings. The molecule has 0 saturated carbocycles. The minimum Gasteiger partial charge on any atom is -0.489 e. The molecule has 2 rings (SSSR count). The fourth-order valence-electron chi connectivity index (χ4n) is 1.99. The third kappa shape index (κ3) is 3.58. The minimum atomic E-state index is -0.474. The number of halogens is 1. The Kier molecular flexibility index (Phi) is 5.05. The van der Waals surface area contributed by atoms with Gasteiger partial charge in [0.15, 0.2) is 0 Å². The van der Waals surface area contributed by atoms with Gasteiger partial charge >= 0.3 is 0 Å². The number of aliphatic hydroxyl groups excluding tert-OH is 1. The molecule has 7 heteroatoms. The van der Waals surface area contributed by atoms with Gasteiger partial charge in [-0.25, -0.2) is 0 Å². The standard InChI is InChI=1S/C15H17ClN2O4/c1-9(2)22-13-4-3-10(7-11(13)16)17-12-8-14(20)18(5-6-19)15(12)21/h3-4,7-9,17,19H,5-6H2,1-2H3. The van der Waals surface area contributed by atoms with Crippen molar-refractivity contribution in [2.45, 2.75) is 20.0 Å². The summed E-state index contributed by atoms with van der Waals surface area (Å²) in [5, 5.41) is 12.1. The van der Waals surface area contributed by atoms with Crippen LogP contribution in [0.4, 0.5) is 5.69 Å². The molecular formula is C15H17ClN2O4. The van der Waals surface area contributed by atoms with Crippen LogP contribution in [-0.2, 0) is 9.59 Å². The van der Waals surface area contributed by atoms with Gasteiger partial charge in [-0.2, -0.15) is 0 Å². The highest BCUT2D eigenvalue weighted by Crippen LogP contribution is 2.29. The van der Waals surface area contributed by atoms with Crippen LogP contribution in [0.15, 0.2) is 30.0 Å². The van der Waals surface area contributed by atoms with E-state index in [2.05, 4.69) is 5.32 Å². The van der Waals surface area contributed by atoms with Crippen molar-refractivity contribution in [1.29, 1.82) is 0 Å². The monoisotopic (exact) mass is 324 g/mol. The Bertz CT molecular complexity index is 628. The van der Waals surface area contributed by atoms with Gasteiger partial charge in [-0.3, -0.25) is 14.5 Å². The first kappa shape index (κ1) is 16.3. The first-order valence-electron chi connectivity index (χ1n) is 6.84. The number of hydrogen-bond acceptors (Lipinski definition) is 5. The smallest absolute Gasteiger partial charge is 0.277 e. The van der Waals surface area contributed by atoms with Crippen LogP contribution in [0, 0.1) is 0 Å². The van der Waals surface area contributed by atoms with Crippen molar-refractivity contribution in [3.05, 3.63) is 35.0 Å². The lowest BCUT2D eigenvalue weighted by Crippen LogP contribution is -2.34. The van der Waals surface area contributed by atoms with E-state index in [4.69, 9.17) is 21.4 Å². The summed E-state index contributed by atoms with van der Waals surface area (Å²) in [6, 6.07) is 5.02. The molecule has 6 nitrogen and oxygen atoms in total. The maximum atomic E-state index is 12.0. The molecule has 0 aromatic heterocycles. The fraction of sp³-hybridized carbons (Fsp3) is 0.333. The Morgan fingerprint density at radius 3 is 2.68 bits per heavy atom. The van der Waals surface area contributed by atoms with Crippen molar-refractivity contribution in [3.8, 4) is 5.75 Å². The molecule has 0 radical (unpaired) electrons. The Morgan fingerprint density at radius 2 is 2.09 bits per heavy atom. The zero-order valence-corrected chi connectivity index (χ0v) is 13.1. The van der Waals surface area contributed by atoms with E-state index in [9.17, 15) is 9.59 Å². The molecule has 0 spiro atoms. The average Bonchev–Trinajstić information content (AvgIpc) is 2.70. The molecular weight excluding hydrogens is 308 g/mol. The molecule has 0 aliphatic carbocycles. The highest BCUT2D eigenvalue weighted by molar-refractivity contribution is 6.32. The lowest BCUT2D eigenvalue weighted by Gasteiger charge is -2.15. The second-order valence-corrected chi connectivity index (χ2v) is 5.42. The van der Waals surface area contributed by atoms with Crippen molar-refractivity contribution < 1.29 is 19.4 Å². The maximum Gasteiger partial charge on any atom is 0.277 e. The Labute approximate surface area is 133 Å². The lowest BCUT2D eigenvalue weighted by molar-refractivity contribution is -0.137. The van der Waals surface area contributed by atoms with Crippen molar-refractivity contribution in [2.75, 3.05) is 18.5 Å². The van der Waals surface area contributed by atoms with E-state index >= 15 is 0 Å².